The topological polar surface area (TPSA) is 0 Å². The van der Waals surface area contributed by atoms with E-state index in [0.29, 0.717) is 0 Å². The summed E-state index contributed by atoms with van der Waals surface area (Å²) in [7, 11) is 4.73. The van der Waals surface area contributed by atoms with Gasteiger partial charge in [-0.2, -0.15) is 0 Å². The van der Waals surface area contributed by atoms with E-state index in [1.54, 1.807) is 0 Å². The van der Waals surface area contributed by atoms with Crippen molar-refractivity contribution in [2.24, 2.45) is 0 Å². The van der Waals surface area contributed by atoms with Crippen LogP contribution in [0.15, 0.2) is 30.3 Å². The van der Waals surface area contributed by atoms with Gasteiger partial charge in [0.15, 0.2) is 0 Å². The highest BCUT2D eigenvalue weighted by Crippen LogP contribution is 2.14. The summed E-state index contributed by atoms with van der Waals surface area (Å²) in [6, 6.07) is 10.9. The molecular weight excluding hydrogens is 417 g/mol. The summed E-state index contributed by atoms with van der Waals surface area (Å²) in [5.41, 5.74) is 1.46. The monoisotopic (exact) mass is 460 g/mol. The van der Waals surface area contributed by atoms with E-state index >= 15 is 0 Å². The third kappa shape index (κ3) is 14.7. The first kappa shape index (κ1) is 24.9. The highest BCUT2D eigenvalue weighted by atomic mass is 127. The Morgan fingerprint density at radius 1 is 0.640 bits per heavy atom. The second-order valence-electron chi connectivity index (χ2n) is 8.19. The first-order valence-electron chi connectivity index (χ1n) is 10.5. The molecule has 0 N–H and O–H groups in total. The third-order valence-corrected chi connectivity index (χ3v) is 5.07. The summed E-state index contributed by atoms with van der Waals surface area (Å²) < 4.78 is 1.11. The van der Waals surface area contributed by atoms with Crippen molar-refractivity contribution in [3.63, 3.8) is 0 Å². The standard InChI is InChI=1S/C23H42N.HI/c1-4-5-6-7-8-9-10-11-12-13-14-18-21-24(2,3)22-23-19-16-15-17-20-23;/h15-17,19-20H,4-14,18,21-22H2,1-3H3;1H/q+1;. The molecule has 25 heavy (non-hydrogen) atoms. The summed E-state index contributed by atoms with van der Waals surface area (Å²) in [4.78, 5) is 0. The molecule has 0 amide bonds. The number of hydrogen-bond donors (Lipinski definition) is 0. The fraction of sp³-hybridized carbons (Fsp3) is 0.739. The average Bonchev–Trinajstić information content (AvgIpc) is 2.56. The molecule has 0 unspecified atom stereocenters. The summed E-state index contributed by atoms with van der Waals surface area (Å²) in [6.07, 6.45) is 17.2. The van der Waals surface area contributed by atoms with Crippen molar-refractivity contribution in [1.29, 1.82) is 0 Å². The quantitative estimate of drug-likeness (QED) is 0.144. The van der Waals surface area contributed by atoms with Gasteiger partial charge in [-0.15, -0.1) is 24.0 Å². The molecule has 0 aromatic heterocycles. The molecule has 0 saturated carbocycles. The third-order valence-electron chi connectivity index (χ3n) is 5.07. The smallest absolute Gasteiger partial charge is 0.104 e. The Kier molecular flexibility index (Phi) is 16.1. The van der Waals surface area contributed by atoms with E-state index < -0.39 is 0 Å². The Morgan fingerprint density at radius 3 is 1.56 bits per heavy atom. The zero-order chi connectivity index (χ0) is 17.5. The van der Waals surface area contributed by atoms with E-state index in [1.165, 1.54) is 89.2 Å². The first-order valence-corrected chi connectivity index (χ1v) is 10.5. The molecule has 2 heteroatoms. The molecule has 0 aliphatic carbocycles. The SMILES string of the molecule is CCCCCCCCCCCCCC[N+](C)(C)Cc1ccccc1.I. The Balaban J connectivity index is 0.00000576. The van der Waals surface area contributed by atoms with Crippen molar-refractivity contribution in [2.45, 2.75) is 90.5 Å². The van der Waals surface area contributed by atoms with Crippen LogP contribution in [0.5, 0.6) is 0 Å². The van der Waals surface area contributed by atoms with Crippen LogP contribution < -0.4 is 0 Å². The maximum Gasteiger partial charge on any atom is 0.104 e. The van der Waals surface area contributed by atoms with Crippen molar-refractivity contribution in [3.8, 4) is 0 Å². The van der Waals surface area contributed by atoms with E-state index in [9.17, 15) is 0 Å². The lowest BCUT2D eigenvalue weighted by molar-refractivity contribution is -0.903. The van der Waals surface area contributed by atoms with Gasteiger partial charge < -0.3 is 4.48 Å². The maximum absolute atomic E-state index is 2.37. The van der Waals surface area contributed by atoms with Gasteiger partial charge in [-0.3, -0.25) is 0 Å². The lowest BCUT2D eigenvalue weighted by atomic mass is 10.1. The van der Waals surface area contributed by atoms with Crippen LogP contribution in [-0.2, 0) is 6.54 Å². The van der Waals surface area contributed by atoms with Crippen molar-refractivity contribution in [2.75, 3.05) is 20.6 Å². The Bertz CT molecular complexity index is 388. The van der Waals surface area contributed by atoms with Crippen LogP contribution in [0.2, 0.25) is 0 Å². The Labute approximate surface area is 175 Å². The molecule has 0 saturated heterocycles. The summed E-state index contributed by atoms with van der Waals surface area (Å²) >= 11 is 0. The molecule has 0 aliphatic heterocycles. The number of benzene rings is 1. The van der Waals surface area contributed by atoms with Gasteiger partial charge in [-0.25, -0.2) is 0 Å². The van der Waals surface area contributed by atoms with Gasteiger partial charge >= 0.3 is 0 Å². The molecule has 0 radical (unpaired) electrons. The minimum atomic E-state index is 0. The minimum Gasteiger partial charge on any atom is -0.325 e. The minimum absolute atomic E-state index is 0. The molecule has 1 rings (SSSR count). The van der Waals surface area contributed by atoms with Gasteiger partial charge in [0.05, 0.1) is 20.6 Å². The fourth-order valence-corrected chi connectivity index (χ4v) is 3.54. The van der Waals surface area contributed by atoms with Gasteiger partial charge in [-0.05, 0) is 12.8 Å². The highest BCUT2D eigenvalue weighted by molar-refractivity contribution is 14.0. The van der Waals surface area contributed by atoms with Gasteiger partial charge in [0.2, 0.25) is 0 Å². The fourth-order valence-electron chi connectivity index (χ4n) is 3.54. The van der Waals surface area contributed by atoms with Crippen LogP contribution in [0, 0.1) is 0 Å². The van der Waals surface area contributed by atoms with E-state index in [2.05, 4.69) is 51.4 Å². The second kappa shape index (κ2) is 16.1. The van der Waals surface area contributed by atoms with Crippen LogP contribution in [0.4, 0.5) is 0 Å². The number of nitrogens with zero attached hydrogens (tertiary/aromatic N) is 1. The van der Waals surface area contributed by atoms with Crippen LogP contribution in [0.3, 0.4) is 0 Å². The van der Waals surface area contributed by atoms with E-state index in [4.69, 9.17) is 0 Å². The predicted octanol–water partition coefficient (Wildman–Crippen LogP) is 7.58. The lowest BCUT2D eigenvalue weighted by Crippen LogP contribution is -2.39. The van der Waals surface area contributed by atoms with Crippen molar-refractivity contribution >= 4 is 24.0 Å². The van der Waals surface area contributed by atoms with E-state index in [-0.39, 0.29) is 24.0 Å². The van der Waals surface area contributed by atoms with Crippen LogP contribution in [-0.4, -0.2) is 25.1 Å². The molecule has 1 nitrogen and oxygen atoms in total. The molecule has 1 aromatic rings. The maximum atomic E-state index is 2.37. The summed E-state index contributed by atoms with van der Waals surface area (Å²) in [5.74, 6) is 0. The largest absolute Gasteiger partial charge is 0.325 e. The van der Waals surface area contributed by atoms with Gasteiger partial charge in [0.25, 0.3) is 0 Å². The number of quaternary nitrogens is 1. The first-order chi connectivity index (χ1) is 11.6. The Hall–Kier alpha value is -0.0900. The Morgan fingerprint density at radius 2 is 1.08 bits per heavy atom. The molecule has 0 heterocycles. The number of halogens is 1. The highest BCUT2D eigenvalue weighted by Gasteiger charge is 2.14. The molecule has 0 aliphatic rings. The molecule has 0 fully saturated rings. The number of rotatable bonds is 15. The van der Waals surface area contributed by atoms with Gasteiger partial charge in [0, 0.05) is 5.56 Å². The van der Waals surface area contributed by atoms with E-state index in [0.717, 1.165) is 11.0 Å². The molecular formula is C23H43IN+. The zero-order valence-electron chi connectivity index (χ0n) is 17.1. The predicted molar refractivity (Wildman–Crippen MR) is 124 cm³/mol. The summed E-state index contributed by atoms with van der Waals surface area (Å²) in [6.45, 7) is 4.74. The second-order valence-corrected chi connectivity index (χ2v) is 8.19. The lowest BCUT2D eigenvalue weighted by Gasteiger charge is -2.30. The van der Waals surface area contributed by atoms with E-state index in [1.807, 2.05) is 0 Å². The van der Waals surface area contributed by atoms with Gasteiger partial charge in [-0.1, -0.05) is 101 Å². The number of unbranched alkanes of at least 4 members (excludes halogenated alkanes) is 11. The van der Waals surface area contributed by atoms with Gasteiger partial charge in [0.1, 0.15) is 6.54 Å². The molecule has 146 valence electrons. The van der Waals surface area contributed by atoms with Crippen molar-refractivity contribution in [3.05, 3.63) is 35.9 Å². The van der Waals surface area contributed by atoms with Crippen LogP contribution in [0.25, 0.3) is 0 Å². The van der Waals surface area contributed by atoms with Crippen LogP contribution in [0.1, 0.15) is 89.5 Å². The van der Waals surface area contributed by atoms with Crippen molar-refractivity contribution in [1.82, 2.24) is 0 Å². The summed E-state index contributed by atoms with van der Waals surface area (Å²) in [5, 5.41) is 0. The van der Waals surface area contributed by atoms with Crippen molar-refractivity contribution < 1.29 is 4.48 Å². The normalized spacial score (nSPS) is 11.3. The molecule has 0 atom stereocenters. The molecule has 0 bridgehead atoms. The molecule has 0 spiro atoms. The zero-order valence-corrected chi connectivity index (χ0v) is 19.5. The molecule has 1 aromatic carbocycles. The average molecular weight is 461 g/mol. The van der Waals surface area contributed by atoms with Crippen LogP contribution >= 0.6 is 24.0 Å². The number of hydrogen-bond acceptors (Lipinski definition) is 0.